The van der Waals surface area contributed by atoms with Crippen molar-refractivity contribution in [2.24, 2.45) is 0 Å². The molecule has 3 rings (SSSR count). The number of aromatic nitrogens is 3. The average Bonchev–Trinajstić information content (AvgIpc) is 3.07. The highest BCUT2D eigenvalue weighted by Gasteiger charge is 2.52. The second kappa shape index (κ2) is 9.29. The van der Waals surface area contributed by atoms with Gasteiger partial charge in [-0.05, 0) is 63.9 Å². The van der Waals surface area contributed by atoms with Crippen LogP contribution in [0.15, 0.2) is 24.5 Å². The van der Waals surface area contributed by atoms with Crippen LogP contribution in [0.2, 0.25) is 18.1 Å². The zero-order valence-electron chi connectivity index (χ0n) is 21.2. The molecule has 33 heavy (non-hydrogen) atoms. The van der Waals surface area contributed by atoms with Crippen LogP contribution in [0.25, 0.3) is 5.82 Å². The summed E-state index contributed by atoms with van der Waals surface area (Å²) in [6.07, 6.45) is 2.29. The number of hydrogen-bond acceptors (Lipinski definition) is 5. The van der Waals surface area contributed by atoms with Gasteiger partial charge in [-0.1, -0.05) is 20.8 Å². The molecule has 1 unspecified atom stereocenters. The summed E-state index contributed by atoms with van der Waals surface area (Å²) in [6, 6.07) is 4.03. The molecule has 0 aromatic carbocycles. The van der Waals surface area contributed by atoms with Crippen LogP contribution in [0.4, 0.5) is 4.39 Å². The van der Waals surface area contributed by atoms with Gasteiger partial charge in [0, 0.05) is 17.8 Å². The van der Waals surface area contributed by atoms with Crippen LogP contribution in [0.1, 0.15) is 64.0 Å². The van der Waals surface area contributed by atoms with Crippen molar-refractivity contribution in [3.8, 4) is 5.82 Å². The van der Waals surface area contributed by atoms with E-state index < -0.39 is 32.0 Å². The Morgan fingerprint density at radius 1 is 1.21 bits per heavy atom. The fraction of sp³-hybridized carbons (Fsp3) is 0.640. The molecule has 0 bridgehead atoms. The Bertz CT molecular complexity index is 964. The molecule has 8 heteroatoms. The number of ether oxygens (including phenoxy) is 1. The summed E-state index contributed by atoms with van der Waals surface area (Å²) < 4.78 is 29.4. The first-order valence-electron chi connectivity index (χ1n) is 11.8. The molecule has 1 aliphatic rings. The highest BCUT2D eigenvalue weighted by atomic mass is 28.4. The highest BCUT2D eigenvalue weighted by molar-refractivity contribution is 6.74. The van der Waals surface area contributed by atoms with Crippen LogP contribution in [0.5, 0.6) is 0 Å². The standard InChI is InChI=1S/C25H38FN3O3Si/c1-9-31-23(30)25(13-12-20(19(26)14-25)32-33(7,8)24(4,5)6)21-15-28-22(16-27-21)29-17(2)10-11-18(29)3/h10-11,15-16,19-20H,9,12-14H2,1-8H3/t19-,20-,25?/m0/s1. The predicted octanol–water partition coefficient (Wildman–Crippen LogP) is 5.60. The smallest absolute Gasteiger partial charge is 0.318 e. The second-order valence-corrected chi connectivity index (χ2v) is 15.4. The number of halogens is 1. The molecular weight excluding hydrogens is 437 g/mol. The third kappa shape index (κ3) is 4.92. The summed E-state index contributed by atoms with van der Waals surface area (Å²) in [5, 5.41) is -0.0154. The van der Waals surface area contributed by atoms with Crippen LogP contribution >= 0.6 is 0 Å². The van der Waals surface area contributed by atoms with E-state index in [4.69, 9.17) is 9.16 Å². The number of carbonyl (C=O) groups excluding carboxylic acids is 1. The molecule has 3 atom stereocenters. The minimum absolute atomic E-state index is 0.0132. The van der Waals surface area contributed by atoms with E-state index in [1.807, 2.05) is 30.5 Å². The van der Waals surface area contributed by atoms with Gasteiger partial charge in [0.25, 0.3) is 0 Å². The molecule has 1 saturated carbocycles. The summed E-state index contributed by atoms with van der Waals surface area (Å²) in [5.41, 5.74) is 1.39. The first-order chi connectivity index (χ1) is 15.3. The number of carbonyl (C=O) groups is 1. The van der Waals surface area contributed by atoms with E-state index in [0.29, 0.717) is 24.4 Å². The molecule has 0 spiro atoms. The van der Waals surface area contributed by atoms with Crippen LogP contribution in [-0.2, 0) is 19.4 Å². The molecule has 0 N–H and O–H groups in total. The molecule has 2 aromatic heterocycles. The Hall–Kier alpha value is -2.06. The van der Waals surface area contributed by atoms with Crippen LogP contribution in [-0.4, -0.2) is 47.7 Å². The molecule has 1 fully saturated rings. The number of rotatable bonds is 6. The average molecular weight is 476 g/mol. The molecule has 0 radical (unpaired) electrons. The normalized spacial score (nSPS) is 24.0. The Kier molecular flexibility index (Phi) is 7.20. The van der Waals surface area contributed by atoms with Crippen molar-refractivity contribution in [1.29, 1.82) is 0 Å². The SMILES string of the molecule is CCOC(=O)C1(c2cnc(-n3c(C)ccc3C)cn2)CC[C@H](O[Si](C)(C)C(C)(C)C)[C@@H](F)C1. The lowest BCUT2D eigenvalue weighted by atomic mass is 9.70. The number of esters is 1. The largest absolute Gasteiger partial charge is 0.465 e. The number of aryl methyl sites for hydroxylation is 2. The quantitative estimate of drug-likeness (QED) is 0.402. The van der Waals surface area contributed by atoms with Gasteiger partial charge in [0.1, 0.15) is 11.6 Å². The highest BCUT2D eigenvalue weighted by Crippen LogP contribution is 2.45. The maximum absolute atomic E-state index is 15.6. The van der Waals surface area contributed by atoms with E-state index in [1.54, 1.807) is 19.3 Å². The van der Waals surface area contributed by atoms with Gasteiger partial charge in [-0.2, -0.15) is 0 Å². The predicted molar refractivity (Wildman–Crippen MR) is 130 cm³/mol. The topological polar surface area (TPSA) is 66.2 Å². The van der Waals surface area contributed by atoms with E-state index >= 15 is 4.39 Å². The lowest BCUT2D eigenvalue weighted by Crippen LogP contribution is -2.52. The van der Waals surface area contributed by atoms with Crippen molar-refractivity contribution in [3.05, 3.63) is 41.6 Å². The zero-order chi connectivity index (χ0) is 24.6. The number of alkyl halides is 1. The van der Waals surface area contributed by atoms with Gasteiger partial charge in [0.2, 0.25) is 0 Å². The van der Waals surface area contributed by atoms with E-state index in [2.05, 4.69) is 43.8 Å². The van der Waals surface area contributed by atoms with E-state index in [-0.39, 0.29) is 18.1 Å². The summed E-state index contributed by atoms with van der Waals surface area (Å²) in [5.74, 6) is 0.235. The van der Waals surface area contributed by atoms with E-state index in [9.17, 15) is 4.79 Å². The monoisotopic (exact) mass is 475 g/mol. The van der Waals surface area contributed by atoms with Crippen molar-refractivity contribution in [1.82, 2.24) is 14.5 Å². The maximum atomic E-state index is 15.6. The van der Waals surface area contributed by atoms with Crippen molar-refractivity contribution in [2.75, 3.05) is 6.61 Å². The van der Waals surface area contributed by atoms with Gasteiger partial charge < -0.3 is 13.7 Å². The van der Waals surface area contributed by atoms with Gasteiger partial charge in [0.15, 0.2) is 14.1 Å². The van der Waals surface area contributed by atoms with Crippen molar-refractivity contribution < 1.29 is 18.3 Å². The minimum Gasteiger partial charge on any atom is -0.465 e. The van der Waals surface area contributed by atoms with Crippen LogP contribution in [0, 0.1) is 13.8 Å². The molecule has 182 valence electrons. The van der Waals surface area contributed by atoms with Gasteiger partial charge in [-0.25, -0.2) is 9.37 Å². The summed E-state index contributed by atoms with van der Waals surface area (Å²) >= 11 is 0. The molecule has 1 aliphatic carbocycles. The molecule has 0 amide bonds. The molecule has 6 nitrogen and oxygen atoms in total. The van der Waals surface area contributed by atoms with Gasteiger partial charge in [-0.3, -0.25) is 9.78 Å². The Balaban J connectivity index is 1.90. The third-order valence-electron chi connectivity index (χ3n) is 7.35. The first kappa shape index (κ1) is 25.6. The maximum Gasteiger partial charge on any atom is 0.318 e. The molecule has 0 aliphatic heterocycles. The summed E-state index contributed by atoms with van der Waals surface area (Å²) in [7, 11) is -2.14. The second-order valence-electron chi connectivity index (χ2n) is 10.7. The first-order valence-corrected chi connectivity index (χ1v) is 14.7. The summed E-state index contributed by atoms with van der Waals surface area (Å²) in [6.45, 7) is 16.7. The fourth-order valence-corrected chi connectivity index (χ4v) is 5.71. The molecule has 2 heterocycles. The number of hydrogen-bond donors (Lipinski definition) is 0. The van der Waals surface area contributed by atoms with Crippen molar-refractivity contribution >= 4 is 14.3 Å². The Morgan fingerprint density at radius 3 is 2.33 bits per heavy atom. The van der Waals surface area contributed by atoms with Gasteiger partial charge in [-0.15, -0.1) is 0 Å². The van der Waals surface area contributed by atoms with Crippen LogP contribution in [0.3, 0.4) is 0 Å². The zero-order valence-corrected chi connectivity index (χ0v) is 22.2. The minimum atomic E-state index is -2.14. The van der Waals surface area contributed by atoms with E-state index in [1.165, 1.54) is 0 Å². The van der Waals surface area contributed by atoms with Gasteiger partial charge >= 0.3 is 5.97 Å². The fourth-order valence-electron chi connectivity index (χ4n) is 4.33. The van der Waals surface area contributed by atoms with Crippen molar-refractivity contribution in [2.45, 2.75) is 96.6 Å². The Labute approximate surface area is 198 Å². The summed E-state index contributed by atoms with van der Waals surface area (Å²) in [4.78, 5) is 22.3. The third-order valence-corrected chi connectivity index (χ3v) is 11.9. The van der Waals surface area contributed by atoms with Crippen LogP contribution < -0.4 is 0 Å². The van der Waals surface area contributed by atoms with Gasteiger partial charge in [0.05, 0.1) is 30.8 Å². The van der Waals surface area contributed by atoms with E-state index in [0.717, 1.165) is 11.4 Å². The van der Waals surface area contributed by atoms with Crippen molar-refractivity contribution in [3.63, 3.8) is 0 Å². The number of nitrogens with zero attached hydrogens (tertiary/aromatic N) is 3. The lowest BCUT2D eigenvalue weighted by Gasteiger charge is -2.44. The lowest BCUT2D eigenvalue weighted by molar-refractivity contribution is -0.154. The molecule has 2 aromatic rings. The molecule has 0 saturated heterocycles. The Morgan fingerprint density at radius 2 is 1.85 bits per heavy atom. The molecular formula is C25H38FN3O3Si.